The Labute approximate surface area is 114 Å². The summed E-state index contributed by atoms with van der Waals surface area (Å²) in [7, 11) is 0. The van der Waals surface area contributed by atoms with E-state index in [-0.39, 0.29) is 18.4 Å². The number of aliphatic carboxylic acids is 1. The maximum absolute atomic E-state index is 11.8. The van der Waals surface area contributed by atoms with E-state index >= 15 is 0 Å². The third-order valence-corrected chi connectivity index (χ3v) is 4.00. The van der Waals surface area contributed by atoms with Crippen LogP contribution in [-0.4, -0.2) is 30.1 Å². The second-order valence-electron chi connectivity index (χ2n) is 6.15. The Kier molecular flexibility index (Phi) is 5.79. The quantitative estimate of drug-likeness (QED) is 0.621. The molecule has 1 saturated carbocycles. The molecule has 1 unspecified atom stereocenters. The molecule has 0 aromatic carbocycles. The molecule has 1 aliphatic carbocycles. The summed E-state index contributed by atoms with van der Waals surface area (Å²) in [5.41, 5.74) is 4.95. The van der Waals surface area contributed by atoms with E-state index in [0.717, 1.165) is 12.8 Å². The van der Waals surface area contributed by atoms with Crippen LogP contribution in [0.15, 0.2) is 0 Å². The molecule has 0 spiro atoms. The predicted octanol–water partition coefficient (Wildman–Crippen LogP) is 1.37. The van der Waals surface area contributed by atoms with Gasteiger partial charge in [0.15, 0.2) is 0 Å². The minimum atomic E-state index is -0.795. The molecule has 4 N–H and O–H groups in total. The summed E-state index contributed by atoms with van der Waals surface area (Å²) in [6.07, 6.45) is 3.57. The molecule has 1 rings (SSSR count). The number of hydrogen-bond donors (Lipinski definition) is 3. The normalized spacial score (nSPS) is 18.7. The Morgan fingerprint density at radius 1 is 1.37 bits per heavy atom. The topological polar surface area (TPSA) is 92.4 Å². The number of rotatable bonds is 8. The van der Waals surface area contributed by atoms with Crippen LogP contribution in [0.4, 0.5) is 0 Å². The number of carboxylic acids is 1. The predicted molar refractivity (Wildman–Crippen MR) is 73.5 cm³/mol. The van der Waals surface area contributed by atoms with Crippen LogP contribution in [-0.2, 0) is 9.59 Å². The molecule has 1 atom stereocenters. The second kappa shape index (κ2) is 6.89. The van der Waals surface area contributed by atoms with Gasteiger partial charge in [0.2, 0.25) is 5.91 Å². The number of amides is 1. The molecule has 0 aromatic heterocycles. The Hall–Kier alpha value is -1.10. The first kappa shape index (κ1) is 16.0. The summed E-state index contributed by atoms with van der Waals surface area (Å²) in [4.78, 5) is 23.0. The van der Waals surface area contributed by atoms with E-state index in [1.54, 1.807) is 0 Å². The first-order valence-corrected chi connectivity index (χ1v) is 7.10. The molecule has 1 fully saturated rings. The van der Waals surface area contributed by atoms with Gasteiger partial charge in [-0.2, -0.15) is 0 Å². The van der Waals surface area contributed by atoms with Crippen molar-refractivity contribution in [1.82, 2.24) is 5.32 Å². The van der Waals surface area contributed by atoms with Crippen molar-refractivity contribution in [3.8, 4) is 0 Å². The number of carboxylic acid groups (broad SMARTS) is 1. The third-order valence-electron chi connectivity index (χ3n) is 4.00. The molecule has 0 heterocycles. The maximum atomic E-state index is 11.8. The lowest BCUT2D eigenvalue weighted by atomic mass is 9.69. The van der Waals surface area contributed by atoms with Crippen LogP contribution in [0.1, 0.15) is 46.0 Å². The summed E-state index contributed by atoms with van der Waals surface area (Å²) >= 11 is 0. The van der Waals surface area contributed by atoms with E-state index in [4.69, 9.17) is 5.73 Å². The van der Waals surface area contributed by atoms with Crippen LogP contribution < -0.4 is 11.1 Å². The largest absolute Gasteiger partial charge is 0.481 e. The van der Waals surface area contributed by atoms with E-state index in [1.807, 2.05) is 0 Å². The van der Waals surface area contributed by atoms with Crippen molar-refractivity contribution in [2.24, 2.45) is 23.0 Å². The zero-order valence-electron chi connectivity index (χ0n) is 11.9. The summed E-state index contributed by atoms with van der Waals surface area (Å²) in [5, 5.41) is 11.9. The first-order valence-electron chi connectivity index (χ1n) is 7.10. The van der Waals surface area contributed by atoms with Gasteiger partial charge in [-0.3, -0.25) is 9.59 Å². The van der Waals surface area contributed by atoms with Gasteiger partial charge >= 0.3 is 5.97 Å². The van der Waals surface area contributed by atoms with Crippen molar-refractivity contribution in [3.05, 3.63) is 0 Å². The van der Waals surface area contributed by atoms with Crippen molar-refractivity contribution in [2.75, 3.05) is 13.1 Å². The molecular formula is C14H26N2O3. The zero-order chi connectivity index (χ0) is 14.5. The number of carbonyl (C=O) groups is 2. The van der Waals surface area contributed by atoms with Gasteiger partial charge in [-0.25, -0.2) is 0 Å². The number of nitrogens with two attached hydrogens (primary N) is 1. The van der Waals surface area contributed by atoms with Gasteiger partial charge in [-0.15, -0.1) is 0 Å². The number of nitrogens with one attached hydrogen (secondary N) is 1. The van der Waals surface area contributed by atoms with Crippen LogP contribution in [0, 0.1) is 17.3 Å². The molecule has 1 amide bonds. The van der Waals surface area contributed by atoms with Crippen LogP contribution in [0.2, 0.25) is 0 Å². The lowest BCUT2D eigenvalue weighted by Gasteiger charge is -2.37. The van der Waals surface area contributed by atoms with Gasteiger partial charge in [-0.1, -0.05) is 20.3 Å². The molecule has 0 saturated heterocycles. The van der Waals surface area contributed by atoms with Crippen LogP contribution in [0.25, 0.3) is 0 Å². The van der Waals surface area contributed by atoms with Crippen molar-refractivity contribution in [1.29, 1.82) is 0 Å². The summed E-state index contributed by atoms with van der Waals surface area (Å²) in [6, 6.07) is 0. The number of hydrogen-bond acceptors (Lipinski definition) is 3. The van der Waals surface area contributed by atoms with Crippen molar-refractivity contribution < 1.29 is 14.7 Å². The molecular weight excluding hydrogens is 244 g/mol. The molecule has 5 heteroatoms. The van der Waals surface area contributed by atoms with E-state index in [2.05, 4.69) is 19.2 Å². The molecule has 1 aliphatic rings. The lowest BCUT2D eigenvalue weighted by molar-refractivity contribution is -0.154. The molecule has 19 heavy (non-hydrogen) atoms. The summed E-state index contributed by atoms with van der Waals surface area (Å²) in [5.74, 6) is -0.180. The Morgan fingerprint density at radius 3 is 2.37 bits per heavy atom. The molecule has 5 nitrogen and oxygen atoms in total. The maximum Gasteiger partial charge on any atom is 0.311 e. The minimum absolute atomic E-state index is 0.0800. The number of carbonyl (C=O) groups excluding carboxylic acids is 1. The Bertz CT molecular complexity index is 325. The molecule has 0 aliphatic heterocycles. The summed E-state index contributed by atoms with van der Waals surface area (Å²) < 4.78 is 0. The lowest BCUT2D eigenvalue weighted by Crippen LogP contribution is -2.47. The van der Waals surface area contributed by atoms with E-state index in [0.29, 0.717) is 31.7 Å². The molecule has 0 bridgehead atoms. The van der Waals surface area contributed by atoms with Crippen LogP contribution in [0.3, 0.4) is 0 Å². The molecule has 0 aromatic rings. The average Bonchev–Trinajstić information content (AvgIpc) is 2.25. The van der Waals surface area contributed by atoms with E-state index in [1.165, 1.54) is 0 Å². The van der Waals surface area contributed by atoms with E-state index < -0.39 is 11.4 Å². The highest BCUT2D eigenvalue weighted by Crippen LogP contribution is 2.40. The molecule has 0 radical (unpaired) electrons. The fraction of sp³-hybridized carbons (Fsp3) is 0.857. The standard InChI is InChI=1S/C14H26N2O3/c1-10(2)6-11(8-15)7-12(17)16-9-14(13(18)19)4-3-5-14/h10-11H,3-9,15H2,1-2H3,(H,16,17)(H,18,19). The van der Waals surface area contributed by atoms with Gasteiger partial charge in [0.05, 0.1) is 5.41 Å². The minimum Gasteiger partial charge on any atom is -0.481 e. The third kappa shape index (κ3) is 4.49. The fourth-order valence-electron chi connectivity index (χ4n) is 2.60. The van der Waals surface area contributed by atoms with Crippen LogP contribution >= 0.6 is 0 Å². The highest BCUT2D eigenvalue weighted by atomic mass is 16.4. The zero-order valence-corrected chi connectivity index (χ0v) is 11.9. The van der Waals surface area contributed by atoms with E-state index in [9.17, 15) is 14.7 Å². The van der Waals surface area contributed by atoms with Gasteiger partial charge in [-0.05, 0) is 37.6 Å². The highest BCUT2D eigenvalue weighted by Gasteiger charge is 2.44. The first-order chi connectivity index (χ1) is 8.89. The van der Waals surface area contributed by atoms with Crippen molar-refractivity contribution in [3.63, 3.8) is 0 Å². The smallest absolute Gasteiger partial charge is 0.311 e. The second-order valence-corrected chi connectivity index (χ2v) is 6.15. The Morgan fingerprint density at radius 2 is 2.00 bits per heavy atom. The van der Waals surface area contributed by atoms with Gasteiger partial charge in [0.1, 0.15) is 0 Å². The SMILES string of the molecule is CC(C)CC(CN)CC(=O)NCC1(C(=O)O)CCC1. The fourth-order valence-corrected chi connectivity index (χ4v) is 2.60. The van der Waals surface area contributed by atoms with Crippen LogP contribution in [0.5, 0.6) is 0 Å². The van der Waals surface area contributed by atoms with Crippen molar-refractivity contribution >= 4 is 11.9 Å². The average molecular weight is 270 g/mol. The molecule has 110 valence electrons. The monoisotopic (exact) mass is 270 g/mol. The van der Waals surface area contributed by atoms with Gasteiger partial charge < -0.3 is 16.2 Å². The summed E-state index contributed by atoms with van der Waals surface area (Å²) in [6.45, 7) is 4.96. The highest BCUT2D eigenvalue weighted by molar-refractivity contribution is 5.79. The van der Waals surface area contributed by atoms with Gasteiger partial charge in [0, 0.05) is 13.0 Å². The Balaban J connectivity index is 2.36. The van der Waals surface area contributed by atoms with Gasteiger partial charge in [0.25, 0.3) is 0 Å². The van der Waals surface area contributed by atoms with Crippen molar-refractivity contribution in [2.45, 2.75) is 46.0 Å².